The van der Waals surface area contributed by atoms with Crippen molar-refractivity contribution < 1.29 is 14.3 Å². The molecule has 0 aliphatic carbocycles. The molecular weight excluding hydrogens is 252 g/mol. The molecule has 20 heavy (non-hydrogen) atoms. The summed E-state index contributed by atoms with van der Waals surface area (Å²) in [5, 5.41) is 0. The average Bonchev–Trinajstić information content (AvgIpc) is 2.79. The van der Waals surface area contributed by atoms with E-state index in [-0.39, 0.29) is 30.2 Å². The number of esters is 2. The van der Waals surface area contributed by atoms with Gasteiger partial charge in [0.15, 0.2) is 0 Å². The highest BCUT2D eigenvalue weighted by Crippen LogP contribution is 2.29. The van der Waals surface area contributed by atoms with Crippen molar-refractivity contribution >= 4 is 11.9 Å². The predicted molar refractivity (Wildman–Crippen MR) is 82.2 cm³/mol. The summed E-state index contributed by atoms with van der Waals surface area (Å²) in [4.78, 5) is 22.5. The first-order valence-corrected chi connectivity index (χ1v) is 8.06. The zero-order chi connectivity index (χ0) is 15.4. The Morgan fingerprint density at radius 2 is 1.80 bits per heavy atom. The first kappa shape index (κ1) is 18.9. The van der Waals surface area contributed by atoms with E-state index in [1.165, 1.54) is 32.1 Å². The van der Waals surface area contributed by atoms with Crippen LogP contribution in [0.3, 0.4) is 0 Å². The van der Waals surface area contributed by atoms with E-state index in [4.69, 9.17) is 0 Å². The van der Waals surface area contributed by atoms with Gasteiger partial charge < -0.3 is 4.74 Å². The van der Waals surface area contributed by atoms with Crippen molar-refractivity contribution in [3.63, 3.8) is 0 Å². The SMILES string of the molecule is C=CC(CCCCCCCC)C1CC(=O)OC1=O.CC. The molecule has 0 saturated carbocycles. The molecule has 1 rings (SSSR count). The summed E-state index contributed by atoms with van der Waals surface area (Å²) in [6.07, 6.45) is 10.4. The van der Waals surface area contributed by atoms with Gasteiger partial charge in [-0.2, -0.15) is 0 Å². The molecule has 1 fully saturated rings. The van der Waals surface area contributed by atoms with Gasteiger partial charge in [0.05, 0.1) is 12.3 Å². The van der Waals surface area contributed by atoms with E-state index >= 15 is 0 Å². The van der Waals surface area contributed by atoms with Gasteiger partial charge in [-0.1, -0.05) is 65.4 Å². The van der Waals surface area contributed by atoms with Crippen molar-refractivity contribution in [2.45, 2.75) is 72.1 Å². The average molecular weight is 282 g/mol. The Morgan fingerprint density at radius 1 is 1.20 bits per heavy atom. The highest BCUT2D eigenvalue weighted by molar-refractivity contribution is 5.94. The lowest BCUT2D eigenvalue weighted by molar-refractivity contribution is -0.153. The zero-order valence-corrected chi connectivity index (χ0v) is 13.3. The molecule has 1 heterocycles. The van der Waals surface area contributed by atoms with Crippen LogP contribution in [0, 0.1) is 11.8 Å². The minimum Gasteiger partial charge on any atom is -0.393 e. The second kappa shape index (κ2) is 11.7. The van der Waals surface area contributed by atoms with Crippen molar-refractivity contribution in [1.82, 2.24) is 0 Å². The van der Waals surface area contributed by atoms with E-state index in [9.17, 15) is 9.59 Å². The van der Waals surface area contributed by atoms with Gasteiger partial charge in [-0.25, -0.2) is 0 Å². The fourth-order valence-electron chi connectivity index (χ4n) is 2.46. The Kier molecular flexibility index (Phi) is 11.0. The molecule has 2 unspecified atom stereocenters. The summed E-state index contributed by atoms with van der Waals surface area (Å²) >= 11 is 0. The summed E-state index contributed by atoms with van der Waals surface area (Å²) in [7, 11) is 0. The van der Waals surface area contributed by atoms with E-state index < -0.39 is 0 Å². The quantitative estimate of drug-likeness (QED) is 0.267. The van der Waals surface area contributed by atoms with Crippen LogP contribution in [0.4, 0.5) is 0 Å². The predicted octanol–water partition coefficient (Wildman–Crippen LogP) is 4.66. The monoisotopic (exact) mass is 282 g/mol. The maximum atomic E-state index is 11.5. The van der Waals surface area contributed by atoms with Crippen molar-refractivity contribution in [2.24, 2.45) is 11.8 Å². The number of hydrogen-bond acceptors (Lipinski definition) is 3. The molecule has 0 radical (unpaired) electrons. The van der Waals surface area contributed by atoms with E-state index in [0.717, 1.165) is 12.8 Å². The number of carbonyl (C=O) groups excluding carboxylic acids is 2. The van der Waals surface area contributed by atoms with Crippen LogP contribution in [-0.4, -0.2) is 11.9 Å². The number of carbonyl (C=O) groups is 2. The molecule has 3 nitrogen and oxygen atoms in total. The van der Waals surface area contributed by atoms with E-state index in [1.54, 1.807) is 6.08 Å². The van der Waals surface area contributed by atoms with Crippen molar-refractivity contribution in [1.29, 1.82) is 0 Å². The molecule has 1 aliphatic rings. The third-order valence-electron chi connectivity index (χ3n) is 3.61. The smallest absolute Gasteiger partial charge is 0.317 e. The number of hydrogen-bond donors (Lipinski definition) is 0. The van der Waals surface area contributed by atoms with Gasteiger partial charge in [0, 0.05) is 0 Å². The second-order valence-corrected chi connectivity index (χ2v) is 5.06. The van der Waals surface area contributed by atoms with Gasteiger partial charge >= 0.3 is 11.9 Å². The van der Waals surface area contributed by atoms with Crippen LogP contribution in [0.2, 0.25) is 0 Å². The molecule has 0 aromatic rings. The zero-order valence-electron chi connectivity index (χ0n) is 13.3. The largest absolute Gasteiger partial charge is 0.393 e. The number of cyclic esters (lactones) is 2. The maximum absolute atomic E-state index is 11.5. The molecule has 0 N–H and O–H groups in total. The van der Waals surface area contributed by atoms with Gasteiger partial charge in [0.25, 0.3) is 0 Å². The standard InChI is InChI=1S/C15H24O3.C2H6/c1-3-5-6-7-8-9-10-12(4-2)13-11-14(16)18-15(13)17;1-2/h4,12-13H,2-3,5-11H2,1H3;1-2H3. The van der Waals surface area contributed by atoms with Crippen LogP contribution in [0.15, 0.2) is 12.7 Å². The normalized spacial score (nSPS) is 19.1. The number of allylic oxidation sites excluding steroid dienone is 1. The van der Waals surface area contributed by atoms with Gasteiger partial charge in [0.2, 0.25) is 0 Å². The Bertz CT molecular complexity index is 297. The van der Waals surface area contributed by atoms with E-state index in [1.807, 2.05) is 13.8 Å². The molecule has 1 saturated heterocycles. The lowest BCUT2D eigenvalue weighted by Gasteiger charge is -2.15. The van der Waals surface area contributed by atoms with Crippen LogP contribution in [0.1, 0.15) is 72.1 Å². The van der Waals surface area contributed by atoms with Crippen LogP contribution in [0.5, 0.6) is 0 Å². The number of unbranched alkanes of at least 4 members (excludes halogenated alkanes) is 5. The number of rotatable bonds is 9. The summed E-state index contributed by atoms with van der Waals surface area (Å²) in [5.74, 6) is -0.948. The fraction of sp³-hybridized carbons (Fsp3) is 0.765. The third-order valence-corrected chi connectivity index (χ3v) is 3.61. The molecule has 0 aromatic carbocycles. The lowest BCUT2D eigenvalue weighted by atomic mass is 9.86. The maximum Gasteiger partial charge on any atom is 0.317 e. The minimum absolute atomic E-state index is 0.0927. The van der Waals surface area contributed by atoms with Crippen molar-refractivity contribution in [2.75, 3.05) is 0 Å². The molecule has 1 aliphatic heterocycles. The minimum atomic E-state index is -0.389. The lowest BCUT2D eigenvalue weighted by Crippen LogP contribution is -2.17. The molecule has 0 bridgehead atoms. The molecule has 116 valence electrons. The summed E-state index contributed by atoms with van der Waals surface area (Å²) in [5.41, 5.74) is 0. The Morgan fingerprint density at radius 3 is 2.30 bits per heavy atom. The highest BCUT2D eigenvalue weighted by Gasteiger charge is 2.37. The van der Waals surface area contributed by atoms with Crippen molar-refractivity contribution in [3.05, 3.63) is 12.7 Å². The van der Waals surface area contributed by atoms with Crippen molar-refractivity contribution in [3.8, 4) is 0 Å². The van der Waals surface area contributed by atoms with Crippen LogP contribution in [-0.2, 0) is 14.3 Å². The first-order chi connectivity index (χ1) is 9.69. The Balaban J connectivity index is 0.00000172. The Labute approximate surface area is 123 Å². The molecule has 0 aromatic heterocycles. The number of ether oxygens (including phenoxy) is 1. The first-order valence-electron chi connectivity index (χ1n) is 8.06. The summed E-state index contributed by atoms with van der Waals surface area (Å²) < 4.78 is 4.59. The van der Waals surface area contributed by atoms with E-state index in [0.29, 0.717) is 0 Å². The van der Waals surface area contributed by atoms with Crippen LogP contribution >= 0.6 is 0 Å². The van der Waals surface area contributed by atoms with Crippen LogP contribution in [0.25, 0.3) is 0 Å². The summed E-state index contributed by atoms with van der Waals surface area (Å²) in [6, 6.07) is 0. The third kappa shape index (κ3) is 6.88. The fourth-order valence-corrected chi connectivity index (χ4v) is 2.46. The van der Waals surface area contributed by atoms with Gasteiger partial charge in [-0.3, -0.25) is 9.59 Å². The molecule has 0 spiro atoms. The topological polar surface area (TPSA) is 43.4 Å². The Hall–Kier alpha value is -1.12. The van der Waals surface area contributed by atoms with E-state index in [2.05, 4.69) is 18.2 Å². The molecular formula is C17H30O3. The van der Waals surface area contributed by atoms with Gasteiger partial charge in [0.1, 0.15) is 0 Å². The van der Waals surface area contributed by atoms with Gasteiger partial charge in [-0.15, -0.1) is 6.58 Å². The highest BCUT2D eigenvalue weighted by atomic mass is 16.6. The summed E-state index contributed by atoms with van der Waals surface area (Å²) in [6.45, 7) is 9.98. The molecule has 0 amide bonds. The second-order valence-electron chi connectivity index (χ2n) is 5.06. The molecule has 3 heteroatoms. The van der Waals surface area contributed by atoms with Gasteiger partial charge in [-0.05, 0) is 12.3 Å². The van der Waals surface area contributed by atoms with Crippen LogP contribution < -0.4 is 0 Å². The molecule has 2 atom stereocenters.